The van der Waals surface area contributed by atoms with Crippen molar-refractivity contribution in [2.24, 2.45) is 0 Å². The van der Waals surface area contributed by atoms with E-state index in [1.54, 1.807) is 16.7 Å². The van der Waals surface area contributed by atoms with Gasteiger partial charge in [0.25, 0.3) is 17.4 Å². The van der Waals surface area contributed by atoms with Crippen molar-refractivity contribution in [2.45, 2.75) is 50.9 Å². The summed E-state index contributed by atoms with van der Waals surface area (Å²) < 4.78 is 29.3. The highest BCUT2D eigenvalue weighted by Gasteiger charge is 2.32. The lowest BCUT2D eigenvalue weighted by atomic mass is 9.95. The molecule has 0 bridgehead atoms. The zero-order chi connectivity index (χ0) is 29.4. The first-order valence-corrected chi connectivity index (χ1v) is 14.4. The summed E-state index contributed by atoms with van der Waals surface area (Å²) in [6.45, 7) is 2.48. The van der Waals surface area contributed by atoms with Crippen LogP contribution in [0.25, 0.3) is 11.1 Å². The lowest BCUT2D eigenvalue weighted by Gasteiger charge is -2.34. The maximum Gasteiger partial charge on any atom is 0.263 e. The van der Waals surface area contributed by atoms with E-state index in [4.69, 9.17) is 0 Å². The van der Waals surface area contributed by atoms with Gasteiger partial charge in [-0.05, 0) is 91.9 Å². The highest BCUT2D eigenvalue weighted by molar-refractivity contribution is 6.05. The number of amides is 2. The van der Waals surface area contributed by atoms with Gasteiger partial charge >= 0.3 is 0 Å². The molecule has 1 aromatic heterocycles. The Kier molecular flexibility index (Phi) is 7.60. The molecule has 1 aliphatic carbocycles. The molecule has 0 atom stereocenters. The molecule has 216 valence electrons. The summed E-state index contributed by atoms with van der Waals surface area (Å²) >= 11 is 0. The number of likely N-dealkylation sites (tertiary alicyclic amines) is 2. The molecule has 3 aliphatic rings. The number of carbonyl (C=O) groups is 2. The minimum atomic E-state index is -1.11. The zero-order valence-corrected chi connectivity index (χ0v) is 23.1. The largest absolute Gasteiger partial charge is 0.333 e. The number of hydrogen-bond donors (Lipinski definition) is 1. The lowest BCUT2D eigenvalue weighted by Crippen LogP contribution is -2.51. The number of benzene rings is 2. The van der Waals surface area contributed by atoms with Gasteiger partial charge in [-0.15, -0.1) is 0 Å². The predicted octanol–water partition coefficient (Wildman–Crippen LogP) is 4.89. The smallest absolute Gasteiger partial charge is 0.263 e. The van der Waals surface area contributed by atoms with Crippen molar-refractivity contribution >= 4 is 17.5 Å². The number of nitriles is 1. The summed E-state index contributed by atoms with van der Waals surface area (Å²) in [7, 11) is 0. The van der Waals surface area contributed by atoms with E-state index in [1.165, 1.54) is 35.6 Å². The Morgan fingerprint density at radius 2 is 1.76 bits per heavy atom. The number of anilines is 1. The number of halogens is 2. The molecule has 6 rings (SSSR count). The van der Waals surface area contributed by atoms with E-state index >= 15 is 0 Å². The Hall–Kier alpha value is -4.36. The minimum Gasteiger partial charge on any atom is -0.333 e. The predicted molar refractivity (Wildman–Crippen MR) is 153 cm³/mol. The van der Waals surface area contributed by atoms with Crippen LogP contribution >= 0.6 is 0 Å². The third-order valence-corrected chi connectivity index (χ3v) is 8.11. The maximum atomic E-state index is 14.2. The van der Waals surface area contributed by atoms with Crippen molar-refractivity contribution in [3.05, 3.63) is 87.1 Å². The van der Waals surface area contributed by atoms with Crippen LogP contribution in [0.4, 0.5) is 14.5 Å². The molecule has 2 aliphatic heterocycles. The highest BCUT2D eigenvalue weighted by Crippen LogP contribution is 2.34. The minimum absolute atomic E-state index is 0.0246. The molecule has 42 heavy (non-hydrogen) atoms. The number of aromatic nitrogens is 1. The van der Waals surface area contributed by atoms with Gasteiger partial charge in [-0.3, -0.25) is 19.3 Å². The molecule has 10 heteroatoms. The summed E-state index contributed by atoms with van der Waals surface area (Å²) in [6.07, 6.45) is 6.01. The molecule has 1 N–H and O–H groups in total. The van der Waals surface area contributed by atoms with Gasteiger partial charge in [-0.25, -0.2) is 8.78 Å². The fourth-order valence-corrected chi connectivity index (χ4v) is 5.73. The Morgan fingerprint density at radius 3 is 2.45 bits per heavy atom. The van der Waals surface area contributed by atoms with E-state index in [-0.39, 0.29) is 47.1 Å². The van der Waals surface area contributed by atoms with Gasteiger partial charge < -0.3 is 14.8 Å². The quantitative estimate of drug-likeness (QED) is 0.435. The SMILES string of the molecule is N#Cc1cc(NC(=O)c2cc(CN3CCCCC3)cn(C3CC3)c2=O)cc(-c2ccc(F)cc2C(=O)N2CC(F)C2)c1. The standard InChI is InChI=1S/C32H31F2N5O3/c33-23-4-7-27(28(14-23)31(41)38-18-24(34)19-38)22-10-20(15-35)11-25(13-22)36-30(40)29-12-21(16-37-8-2-1-3-9-37)17-39(32(29)42)26-5-6-26/h4,7,10-14,17,24,26H,1-3,5-6,8-9,16,18-19H2,(H,36,40). The Morgan fingerprint density at radius 1 is 1.00 bits per heavy atom. The van der Waals surface area contributed by atoms with Crippen LogP contribution in [-0.4, -0.2) is 58.5 Å². The molecule has 3 heterocycles. The van der Waals surface area contributed by atoms with Crippen molar-refractivity contribution in [1.82, 2.24) is 14.4 Å². The Bertz CT molecular complexity index is 1650. The number of hydrogen-bond acceptors (Lipinski definition) is 5. The first-order chi connectivity index (χ1) is 20.3. The molecular weight excluding hydrogens is 540 g/mol. The van der Waals surface area contributed by atoms with Crippen LogP contribution in [0.15, 0.2) is 53.5 Å². The van der Waals surface area contributed by atoms with Gasteiger partial charge in [-0.2, -0.15) is 5.26 Å². The molecule has 0 spiro atoms. The van der Waals surface area contributed by atoms with Crippen LogP contribution in [0.1, 0.15) is 70.0 Å². The van der Waals surface area contributed by atoms with Crippen molar-refractivity contribution < 1.29 is 18.4 Å². The number of rotatable bonds is 7. The third kappa shape index (κ3) is 5.83. The van der Waals surface area contributed by atoms with E-state index in [2.05, 4.69) is 16.3 Å². The van der Waals surface area contributed by atoms with Crippen molar-refractivity contribution in [3.63, 3.8) is 0 Å². The number of alkyl halides is 1. The molecule has 2 amide bonds. The molecule has 1 saturated carbocycles. The molecule has 3 aromatic rings. The summed E-state index contributed by atoms with van der Waals surface area (Å²) in [4.78, 5) is 43.6. The highest BCUT2D eigenvalue weighted by atomic mass is 19.1. The van der Waals surface area contributed by atoms with E-state index in [1.807, 2.05) is 6.20 Å². The van der Waals surface area contributed by atoms with Gasteiger partial charge in [0, 0.05) is 24.5 Å². The topological polar surface area (TPSA) is 98.4 Å². The summed E-state index contributed by atoms with van der Waals surface area (Å²) in [6, 6.07) is 12.1. The van der Waals surface area contributed by atoms with Gasteiger partial charge in [0.1, 0.15) is 17.6 Å². The second kappa shape index (κ2) is 11.5. The molecule has 2 saturated heterocycles. The lowest BCUT2D eigenvalue weighted by molar-refractivity contribution is 0.0400. The fraction of sp³-hybridized carbons (Fsp3) is 0.375. The summed E-state index contributed by atoms with van der Waals surface area (Å²) in [5, 5.41) is 12.5. The van der Waals surface area contributed by atoms with E-state index < -0.39 is 23.8 Å². The van der Waals surface area contributed by atoms with E-state index in [0.29, 0.717) is 17.7 Å². The van der Waals surface area contributed by atoms with Crippen LogP contribution in [0, 0.1) is 17.1 Å². The fourth-order valence-electron chi connectivity index (χ4n) is 5.73. The number of pyridine rings is 1. The monoisotopic (exact) mass is 571 g/mol. The summed E-state index contributed by atoms with van der Waals surface area (Å²) in [5.74, 6) is -1.74. The first kappa shape index (κ1) is 27.8. The van der Waals surface area contributed by atoms with Crippen LogP contribution in [0.3, 0.4) is 0 Å². The second-order valence-electron chi connectivity index (χ2n) is 11.4. The molecule has 2 aromatic carbocycles. The van der Waals surface area contributed by atoms with Crippen LogP contribution in [-0.2, 0) is 6.54 Å². The third-order valence-electron chi connectivity index (χ3n) is 8.11. The number of nitrogens with one attached hydrogen (secondary N) is 1. The number of nitrogens with zero attached hydrogens (tertiary/aromatic N) is 4. The molecule has 0 unspecified atom stereocenters. The van der Waals surface area contributed by atoms with Crippen LogP contribution in [0.5, 0.6) is 0 Å². The molecule has 8 nitrogen and oxygen atoms in total. The maximum absolute atomic E-state index is 14.2. The van der Waals surface area contributed by atoms with Crippen molar-refractivity contribution in [1.29, 1.82) is 5.26 Å². The second-order valence-corrected chi connectivity index (χ2v) is 11.4. The Labute approximate surface area is 242 Å². The molecular formula is C32H31F2N5O3. The number of piperidine rings is 1. The van der Waals surface area contributed by atoms with Gasteiger partial charge in [0.05, 0.1) is 30.3 Å². The van der Waals surface area contributed by atoms with Crippen LogP contribution < -0.4 is 10.9 Å². The van der Waals surface area contributed by atoms with Gasteiger partial charge in [-0.1, -0.05) is 12.5 Å². The zero-order valence-electron chi connectivity index (χ0n) is 23.1. The van der Waals surface area contributed by atoms with Crippen molar-refractivity contribution in [3.8, 4) is 17.2 Å². The normalized spacial score (nSPS) is 17.4. The average molecular weight is 572 g/mol. The summed E-state index contributed by atoms with van der Waals surface area (Å²) in [5.41, 5.74) is 1.80. The molecule has 0 radical (unpaired) electrons. The van der Waals surface area contributed by atoms with E-state index in [9.17, 15) is 28.4 Å². The van der Waals surface area contributed by atoms with Gasteiger partial charge in [0.2, 0.25) is 0 Å². The van der Waals surface area contributed by atoms with Gasteiger partial charge in [0.15, 0.2) is 0 Å². The molecule has 3 fully saturated rings. The van der Waals surface area contributed by atoms with Crippen LogP contribution in [0.2, 0.25) is 0 Å². The Balaban J connectivity index is 1.32. The number of carbonyl (C=O) groups excluding carboxylic acids is 2. The first-order valence-electron chi connectivity index (χ1n) is 14.4. The van der Waals surface area contributed by atoms with E-state index in [0.717, 1.165) is 50.4 Å². The van der Waals surface area contributed by atoms with Crippen molar-refractivity contribution in [2.75, 3.05) is 31.5 Å². The average Bonchev–Trinajstić information content (AvgIpc) is 3.82.